The van der Waals surface area contributed by atoms with Crippen LogP contribution in [0.15, 0.2) is 23.0 Å². The molecule has 0 radical (unpaired) electrons. The van der Waals surface area contributed by atoms with Crippen LogP contribution in [0.25, 0.3) is 10.9 Å². The lowest BCUT2D eigenvalue weighted by Crippen LogP contribution is -2.12. The standard InChI is InChI=1S/C13H13ClN2O3S/c1-7(4-12(17)18)20-6-11-15-10-3-2-8(14)5-9(10)13(19)16-11/h2-3,5,7H,4,6H2,1H3,(H,17,18)(H,15,16,19). The quantitative estimate of drug-likeness (QED) is 0.887. The molecule has 0 bridgehead atoms. The molecule has 1 heterocycles. The normalized spacial score (nSPS) is 12.5. The highest BCUT2D eigenvalue weighted by Crippen LogP contribution is 2.19. The zero-order valence-electron chi connectivity index (χ0n) is 10.7. The summed E-state index contributed by atoms with van der Waals surface area (Å²) in [7, 11) is 0. The molecule has 2 aromatic rings. The third-order valence-electron chi connectivity index (χ3n) is 2.68. The van der Waals surface area contributed by atoms with Gasteiger partial charge in [-0.15, -0.1) is 0 Å². The Balaban J connectivity index is 2.18. The number of thioether (sulfide) groups is 1. The Hall–Kier alpha value is -1.53. The molecule has 0 amide bonds. The zero-order chi connectivity index (χ0) is 14.7. The first-order chi connectivity index (χ1) is 9.45. The van der Waals surface area contributed by atoms with E-state index >= 15 is 0 Å². The third kappa shape index (κ3) is 3.74. The van der Waals surface area contributed by atoms with Gasteiger partial charge in [0.25, 0.3) is 5.56 Å². The first-order valence-corrected chi connectivity index (χ1v) is 7.40. The molecule has 1 unspecified atom stereocenters. The number of hydrogen-bond donors (Lipinski definition) is 2. The number of aromatic nitrogens is 2. The van der Waals surface area contributed by atoms with Crippen molar-refractivity contribution in [3.05, 3.63) is 39.4 Å². The van der Waals surface area contributed by atoms with Crippen molar-refractivity contribution in [2.24, 2.45) is 0 Å². The zero-order valence-corrected chi connectivity index (χ0v) is 12.3. The average molecular weight is 313 g/mol. The number of carboxylic acids is 1. The predicted molar refractivity (Wildman–Crippen MR) is 80.4 cm³/mol. The molecule has 1 aromatic carbocycles. The van der Waals surface area contributed by atoms with Crippen LogP contribution in [0.4, 0.5) is 0 Å². The van der Waals surface area contributed by atoms with Gasteiger partial charge >= 0.3 is 5.97 Å². The SMILES string of the molecule is CC(CC(=O)O)SCc1nc2ccc(Cl)cc2c(=O)[nH]1. The van der Waals surface area contributed by atoms with Crippen molar-refractivity contribution in [1.82, 2.24) is 9.97 Å². The summed E-state index contributed by atoms with van der Waals surface area (Å²) in [6.45, 7) is 1.83. The lowest BCUT2D eigenvalue weighted by molar-refractivity contribution is -0.136. The number of carboxylic acid groups (broad SMARTS) is 1. The Morgan fingerprint density at radius 3 is 3.00 bits per heavy atom. The van der Waals surface area contributed by atoms with Crippen molar-refractivity contribution < 1.29 is 9.90 Å². The monoisotopic (exact) mass is 312 g/mol. The maximum Gasteiger partial charge on any atom is 0.304 e. The molecule has 5 nitrogen and oxygen atoms in total. The molecule has 0 aliphatic heterocycles. The van der Waals surface area contributed by atoms with Crippen LogP contribution in [0.1, 0.15) is 19.2 Å². The number of halogens is 1. The van der Waals surface area contributed by atoms with Gasteiger partial charge in [-0.3, -0.25) is 9.59 Å². The Bertz CT molecular complexity index is 702. The van der Waals surface area contributed by atoms with Crippen molar-refractivity contribution in [3.63, 3.8) is 0 Å². The van der Waals surface area contributed by atoms with E-state index in [1.165, 1.54) is 11.8 Å². The van der Waals surface area contributed by atoms with Gasteiger partial charge < -0.3 is 10.1 Å². The highest BCUT2D eigenvalue weighted by molar-refractivity contribution is 7.99. The Morgan fingerprint density at radius 1 is 1.55 bits per heavy atom. The molecule has 20 heavy (non-hydrogen) atoms. The number of fused-ring (bicyclic) bond motifs is 1. The van der Waals surface area contributed by atoms with Crippen molar-refractivity contribution in [2.75, 3.05) is 0 Å². The first kappa shape index (κ1) is 14.9. The molecule has 1 aromatic heterocycles. The fraction of sp³-hybridized carbons (Fsp3) is 0.308. The average Bonchev–Trinajstić information content (AvgIpc) is 2.36. The summed E-state index contributed by atoms with van der Waals surface area (Å²) >= 11 is 7.28. The maximum atomic E-state index is 11.9. The molecule has 0 saturated heterocycles. The summed E-state index contributed by atoms with van der Waals surface area (Å²) in [5.41, 5.74) is 0.346. The number of hydrogen-bond acceptors (Lipinski definition) is 4. The second-order valence-corrected chi connectivity index (χ2v) is 6.26. The van der Waals surface area contributed by atoms with E-state index in [4.69, 9.17) is 16.7 Å². The van der Waals surface area contributed by atoms with Gasteiger partial charge in [0.2, 0.25) is 0 Å². The highest BCUT2D eigenvalue weighted by atomic mass is 35.5. The molecular weight excluding hydrogens is 300 g/mol. The second-order valence-electron chi connectivity index (χ2n) is 4.39. The predicted octanol–water partition coefficient (Wildman–Crippen LogP) is 2.67. The molecule has 1 atom stereocenters. The highest BCUT2D eigenvalue weighted by Gasteiger charge is 2.10. The van der Waals surface area contributed by atoms with E-state index in [-0.39, 0.29) is 17.2 Å². The Kier molecular flexibility index (Phi) is 4.67. The lowest BCUT2D eigenvalue weighted by atomic mass is 10.2. The molecule has 0 aliphatic carbocycles. The lowest BCUT2D eigenvalue weighted by Gasteiger charge is -2.08. The minimum atomic E-state index is -0.834. The van der Waals surface area contributed by atoms with Crippen LogP contribution in [0.2, 0.25) is 5.02 Å². The number of benzene rings is 1. The number of H-pyrrole nitrogens is 1. The summed E-state index contributed by atoms with van der Waals surface area (Å²) in [6.07, 6.45) is 0.0814. The van der Waals surface area contributed by atoms with Gasteiger partial charge in [-0.2, -0.15) is 11.8 Å². The molecule has 0 spiro atoms. The fourth-order valence-corrected chi connectivity index (χ4v) is 2.77. The van der Waals surface area contributed by atoms with Crippen LogP contribution < -0.4 is 5.56 Å². The minimum absolute atomic E-state index is 0.0429. The largest absolute Gasteiger partial charge is 0.481 e. The molecule has 0 fully saturated rings. The van der Waals surface area contributed by atoms with Crippen molar-refractivity contribution in [3.8, 4) is 0 Å². The van der Waals surface area contributed by atoms with E-state index in [0.717, 1.165) is 0 Å². The van der Waals surface area contributed by atoms with Gasteiger partial charge in [-0.25, -0.2) is 4.98 Å². The van der Waals surface area contributed by atoms with Crippen molar-refractivity contribution in [2.45, 2.75) is 24.3 Å². The van der Waals surface area contributed by atoms with Crippen molar-refractivity contribution in [1.29, 1.82) is 0 Å². The summed E-state index contributed by atoms with van der Waals surface area (Å²) in [6, 6.07) is 4.95. The minimum Gasteiger partial charge on any atom is -0.481 e. The summed E-state index contributed by atoms with van der Waals surface area (Å²) in [4.78, 5) is 29.5. The van der Waals surface area contributed by atoms with Crippen LogP contribution >= 0.6 is 23.4 Å². The Morgan fingerprint density at radius 2 is 2.30 bits per heavy atom. The van der Waals surface area contributed by atoms with Crippen LogP contribution in [-0.4, -0.2) is 26.3 Å². The smallest absolute Gasteiger partial charge is 0.304 e. The first-order valence-electron chi connectivity index (χ1n) is 5.97. The molecule has 0 aliphatic rings. The van der Waals surface area contributed by atoms with Crippen LogP contribution in [0, 0.1) is 0 Å². The number of nitrogens with zero attached hydrogens (tertiary/aromatic N) is 1. The molecule has 0 saturated carbocycles. The third-order valence-corrected chi connectivity index (χ3v) is 4.09. The van der Waals surface area contributed by atoms with Gasteiger partial charge in [-0.05, 0) is 18.2 Å². The molecule has 106 valence electrons. The van der Waals surface area contributed by atoms with Gasteiger partial charge in [0.05, 0.1) is 23.1 Å². The number of rotatable bonds is 5. The summed E-state index contributed by atoms with van der Waals surface area (Å²) < 4.78 is 0. The Labute approximate surface area is 124 Å². The molecule has 2 N–H and O–H groups in total. The van der Waals surface area contributed by atoms with Crippen LogP contribution in [0.5, 0.6) is 0 Å². The van der Waals surface area contributed by atoms with Gasteiger partial charge in [0, 0.05) is 10.3 Å². The van der Waals surface area contributed by atoms with E-state index in [1.807, 2.05) is 6.92 Å². The van der Waals surface area contributed by atoms with E-state index in [2.05, 4.69) is 9.97 Å². The van der Waals surface area contributed by atoms with E-state index in [1.54, 1.807) is 18.2 Å². The number of aromatic amines is 1. The second kappa shape index (κ2) is 6.28. The van der Waals surface area contributed by atoms with Gasteiger partial charge in [-0.1, -0.05) is 18.5 Å². The van der Waals surface area contributed by atoms with E-state index < -0.39 is 5.97 Å². The van der Waals surface area contributed by atoms with Gasteiger partial charge in [0.15, 0.2) is 0 Å². The molecule has 7 heteroatoms. The van der Waals surface area contributed by atoms with Crippen LogP contribution in [0.3, 0.4) is 0 Å². The van der Waals surface area contributed by atoms with Crippen LogP contribution in [-0.2, 0) is 10.5 Å². The fourth-order valence-electron chi connectivity index (χ4n) is 1.75. The molecular formula is C13H13ClN2O3S. The van der Waals surface area contributed by atoms with Gasteiger partial charge in [0.1, 0.15) is 5.82 Å². The number of carbonyl (C=O) groups is 1. The van der Waals surface area contributed by atoms with E-state index in [0.29, 0.717) is 27.5 Å². The van der Waals surface area contributed by atoms with E-state index in [9.17, 15) is 9.59 Å². The maximum absolute atomic E-state index is 11.9. The number of nitrogens with one attached hydrogen (secondary N) is 1. The van der Waals surface area contributed by atoms with Crippen molar-refractivity contribution >= 4 is 40.2 Å². The summed E-state index contributed by atoms with van der Waals surface area (Å²) in [5.74, 6) is 0.161. The topological polar surface area (TPSA) is 83.0 Å². The number of aliphatic carboxylic acids is 1. The molecule has 2 rings (SSSR count). The summed E-state index contributed by atoms with van der Waals surface area (Å²) in [5, 5.41) is 9.59.